The van der Waals surface area contributed by atoms with E-state index in [1.54, 1.807) is 0 Å². The minimum atomic E-state index is -1.12. The maximum atomic E-state index is 11.9. The lowest BCUT2D eigenvalue weighted by Gasteiger charge is -2.21. The Balaban J connectivity index is 2.49. The predicted molar refractivity (Wildman–Crippen MR) is 78.4 cm³/mol. The van der Waals surface area contributed by atoms with Gasteiger partial charge in [-0.15, -0.1) is 6.42 Å². The first-order chi connectivity index (χ1) is 8.43. The van der Waals surface area contributed by atoms with Crippen molar-refractivity contribution in [3.05, 3.63) is 35.9 Å². The summed E-state index contributed by atoms with van der Waals surface area (Å²) in [5.74, 6) is 2.67. The Morgan fingerprint density at radius 3 is 2.44 bits per heavy atom. The van der Waals surface area contributed by atoms with Crippen LogP contribution in [0.3, 0.4) is 0 Å². The van der Waals surface area contributed by atoms with Crippen LogP contribution >= 0.6 is 0 Å². The molecule has 0 aliphatic rings. The van der Waals surface area contributed by atoms with Crippen LogP contribution in [-0.2, 0) is 17.4 Å². The Hall–Kier alpha value is -1.11. The maximum absolute atomic E-state index is 11.9. The molecule has 0 amide bonds. The molecule has 0 radical (unpaired) electrons. The van der Waals surface area contributed by atoms with Gasteiger partial charge in [0.05, 0.1) is 21.8 Å². The van der Waals surface area contributed by atoms with Crippen LogP contribution in [0.4, 0.5) is 0 Å². The van der Waals surface area contributed by atoms with E-state index in [4.69, 9.17) is 6.42 Å². The lowest BCUT2D eigenvalue weighted by atomic mass is 10.1. The Labute approximate surface area is 113 Å². The van der Waals surface area contributed by atoms with Crippen molar-refractivity contribution in [2.45, 2.75) is 44.4 Å². The summed E-state index contributed by atoms with van der Waals surface area (Å²) >= 11 is 0. The highest BCUT2D eigenvalue weighted by Crippen LogP contribution is 2.11. The lowest BCUT2D eigenvalue weighted by Crippen LogP contribution is -2.39. The molecule has 1 aromatic rings. The van der Waals surface area contributed by atoms with Gasteiger partial charge in [-0.1, -0.05) is 36.3 Å². The van der Waals surface area contributed by atoms with Crippen LogP contribution in [0.5, 0.6) is 0 Å². The monoisotopic (exact) mass is 263 g/mol. The second kappa shape index (κ2) is 6.72. The molecule has 2 nitrogen and oxygen atoms in total. The van der Waals surface area contributed by atoms with Crippen LogP contribution in [0.2, 0.25) is 0 Å². The molecule has 0 aliphatic carbocycles. The van der Waals surface area contributed by atoms with Gasteiger partial charge in [0.1, 0.15) is 0 Å². The summed E-state index contributed by atoms with van der Waals surface area (Å²) in [5.41, 5.74) is 1.25. The summed E-state index contributed by atoms with van der Waals surface area (Å²) in [5, 5.41) is 0. The molecular formula is C15H21NOS. The SMILES string of the molecule is C#C[C@H](CCc1ccccc1)NS(=O)C(C)(C)C. The first-order valence-corrected chi connectivity index (χ1v) is 7.26. The summed E-state index contributed by atoms with van der Waals surface area (Å²) in [6, 6.07) is 10.0. The number of terminal acetylenes is 1. The average molecular weight is 263 g/mol. The van der Waals surface area contributed by atoms with Gasteiger partial charge in [0.2, 0.25) is 0 Å². The topological polar surface area (TPSA) is 29.1 Å². The summed E-state index contributed by atoms with van der Waals surface area (Å²) in [7, 11) is -1.12. The van der Waals surface area contributed by atoms with Gasteiger partial charge in [-0.25, -0.2) is 8.93 Å². The molecule has 0 aliphatic heterocycles. The number of hydrogen-bond acceptors (Lipinski definition) is 1. The zero-order valence-electron chi connectivity index (χ0n) is 11.3. The van der Waals surface area contributed by atoms with Gasteiger partial charge in [0.15, 0.2) is 0 Å². The fourth-order valence-corrected chi connectivity index (χ4v) is 2.24. The molecule has 0 fully saturated rings. The maximum Gasteiger partial charge on any atom is 0.0981 e. The van der Waals surface area contributed by atoms with E-state index in [-0.39, 0.29) is 10.8 Å². The van der Waals surface area contributed by atoms with Gasteiger partial charge in [0, 0.05) is 0 Å². The Morgan fingerprint density at radius 2 is 1.94 bits per heavy atom. The van der Waals surface area contributed by atoms with Crippen molar-refractivity contribution in [1.82, 2.24) is 4.72 Å². The molecule has 98 valence electrons. The number of hydrogen-bond donors (Lipinski definition) is 1. The van der Waals surface area contributed by atoms with Crippen LogP contribution < -0.4 is 4.72 Å². The van der Waals surface area contributed by atoms with Crippen LogP contribution in [0.1, 0.15) is 32.8 Å². The van der Waals surface area contributed by atoms with Crippen LogP contribution in [0.25, 0.3) is 0 Å². The zero-order valence-corrected chi connectivity index (χ0v) is 12.1. The van der Waals surface area contributed by atoms with Gasteiger partial charge < -0.3 is 0 Å². The normalized spacial score (nSPS) is 14.8. The van der Waals surface area contributed by atoms with Crippen molar-refractivity contribution < 1.29 is 4.21 Å². The highest BCUT2D eigenvalue weighted by molar-refractivity contribution is 7.84. The highest BCUT2D eigenvalue weighted by atomic mass is 32.2. The third kappa shape index (κ3) is 5.03. The van der Waals surface area contributed by atoms with E-state index in [0.29, 0.717) is 0 Å². The minimum Gasteiger partial charge on any atom is -0.242 e. The minimum absolute atomic E-state index is 0.148. The van der Waals surface area contributed by atoms with Crippen molar-refractivity contribution in [2.24, 2.45) is 0 Å². The molecule has 2 atom stereocenters. The van der Waals surface area contributed by atoms with E-state index in [0.717, 1.165) is 12.8 Å². The van der Waals surface area contributed by atoms with Crippen LogP contribution in [0.15, 0.2) is 30.3 Å². The van der Waals surface area contributed by atoms with Gasteiger partial charge in [0.25, 0.3) is 0 Å². The molecule has 1 unspecified atom stereocenters. The molecule has 0 saturated heterocycles. The molecule has 1 rings (SSSR count). The van der Waals surface area contributed by atoms with Crippen LogP contribution in [-0.4, -0.2) is 15.0 Å². The van der Waals surface area contributed by atoms with Gasteiger partial charge >= 0.3 is 0 Å². The molecule has 0 aromatic heterocycles. The summed E-state index contributed by atoms with van der Waals surface area (Å²) < 4.78 is 14.7. The van der Waals surface area contributed by atoms with Gasteiger partial charge in [-0.3, -0.25) is 0 Å². The molecule has 1 aromatic carbocycles. The molecule has 0 heterocycles. The van der Waals surface area contributed by atoms with Crippen molar-refractivity contribution in [3.8, 4) is 12.3 Å². The van der Waals surface area contributed by atoms with E-state index in [1.807, 2.05) is 39.0 Å². The largest absolute Gasteiger partial charge is 0.242 e. The molecule has 0 spiro atoms. The molecular weight excluding hydrogens is 242 g/mol. The van der Waals surface area contributed by atoms with E-state index < -0.39 is 11.0 Å². The molecule has 0 bridgehead atoms. The summed E-state index contributed by atoms with van der Waals surface area (Å²) in [6.07, 6.45) is 7.17. The highest BCUT2D eigenvalue weighted by Gasteiger charge is 2.21. The standard InChI is InChI=1S/C15H21NOS/c1-5-14(16-18(17)15(2,3)4)12-11-13-9-7-6-8-10-13/h1,6-10,14,16H,11-12H2,2-4H3/t14-,18?/m1/s1. The number of rotatable bonds is 5. The summed E-state index contributed by atoms with van der Waals surface area (Å²) in [4.78, 5) is 0. The second-order valence-corrected chi connectivity index (χ2v) is 7.24. The molecule has 1 N–H and O–H groups in total. The van der Waals surface area contributed by atoms with Crippen molar-refractivity contribution >= 4 is 11.0 Å². The Kier molecular flexibility index (Phi) is 5.58. The smallest absolute Gasteiger partial charge is 0.0981 e. The van der Waals surface area contributed by atoms with E-state index >= 15 is 0 Å². The fraction of sp³-hybridized carbons (Fsp3) is 0.467. The number of aryl methyl sites for hydroxylation is 1. The van der Waals surface area contributed by atoms with E-state index in [2.05, 4.69) is 22.8 Å². The molecule has 0 saturated carbocycles. The van der Waals surface area contributed by atoms with Crippen molar-refractivity contribution in [3.63, 3.8) is 0 Å². The van der Waals surface area contributed by atoms with E-state index in [1.165, 1.54) is 5.56 Å². The summed E-state index contributed by atoms with van der Waals surface area (Å²) in [6.45, 7) is 5.79. The lowest BCUT2D eigenvalue weighted by molar-refractivity contribution is 0.612. The number of nitrogens with one attached hydrogen (secondary N) is 1. The Morgan fingerprint density at radius 1 is 1.33 bits per heavy atom. The van der Waals surface area contributed by atoms with E-state index in [9.17, 15) is 4.21 Å². The zero-order chi connectivity index (χ0) is 13.6. The van der Waals surface area contributed by atoms with Gasteiger partial charge in [-0.2, -0.15) is 0 Å². The van der Waals surface area contributed by atoms with Crippen molar-refractivity contribution in [2.75, 3.05) is 0 Å². The van der Waals surface area contributed by atoms with Crippen LogP contribution in [0, 0.1) is 12.3 Å². The predicted octanol–water partition coefficient (Wildman–Crippen LogP) is 2.67. The third-order valence-electron chi connectivity index (χ3n) is 2.57. The quantitative estimate of drug-likeness (QED) is 0.813. The average Bonchev–Trinajstić information content (AvgIpc) is 2.34. The first kappa shape index (κ1) is 14.9. The number of benzene rings is 1. The molecule has 3 heteroatoms. The Bertz CT molecular complexity index is 428. The second-order valence-electron chi connectivity index (χ2n) is 5.24. The van der Waals surface area contributed by atoms with Crippen molar-refractivity contribution in [1.29, 1.82) is 0 Å². The molecule has 18 heavy (non-hydrogen) atoms. The first-order valence-electron chi connectivity index (χ1n) is 6.11. The fourth-order valence-electron chi connectivity index (χ4n) is 1.44. The van der Waals surface area contributed by atoms with Gasteiger partial charge in [-0.05, 0) is 39.2 Å². The third-order valence-corrected chi connectivity index (χ3v) is 4.18.